The lowest BCUT2D eigenvalue weighted by molar-refractivity contribution is 0.0943. The zero-order chi connectivity index (χ0) is 14.1. The van der Waals surface area contributed by atoms with E-state index in [-0.39, 0.29) is 6.03 Å². The van der Waals surface area contributed by atoms with Gasteiger partial charge in [0.2, 0.25) is 0 Å². The number of carbonyl (C=O) groups is 1. The molecule has 0 aliphatic carbocycles. The van der Waals surface area contributed by atoms with Crippen LogP contribution >= 0.6 is 0 Å². The fraction of sp³-hybridized carbons (Fsp3) is 0.312. The zero-order valence-corrected chi connectivity index (χ0v) is 11.8. The summed E-state index contributed by atoms with van der Waals surface area (Å²) in [5.41, 5.74) is 0.876. The summed E-state index contributed by atoms with van der Waals surface area (Å²) in [5.74, 6) is 0. The molecule has 0 radical (unpaired) electrons. The molecule has 0 saturated carbocycles. The quantitative estimate of drug-likeness (QED) is 0.909. The van der Waals surface area contributed by atoms with Gasteiger partial charge in [-0.25, -0.2) is 4.79 Å². The molecular weight excluding hydrogens is 250 g/mol. The van der Waals surface area contributed by atoms with E-state index in [0.717, 1.165) is 29.5 Å². The molecule has 20 heavy (non-hydrogen) atoms. The molecule has 0 unspecified atom stereocenters. The first-order valence-electron chi connectivity index (χ1n) is 6.85. The summed E-state index contributed by atoms with van der Waals surface area (Å²) in [7, 11) is 4.09. The molecule has 1 N–H and O–H groups in total. The maximum absolute atomic E-state index is 12.2. The summed E-state index contributed by atoms with van der Waals surface area (Å²) in [5, 5.41) is 5.23. The number of anilines is 1. The van der Waals surface area contributed by atoms with Gasteiger partial charge in [-0.15, -0.1) is 0 Å². The Morgan fingerprint density at radius 3 is 2.60 bits per heavy atom. The number of rotatable bonds is 2. The monoisotopic (exact) mass is 269 g/mol. The number of nitrogens with one attached hydrogen (secondary N) is 1. The van der Waals surface area contributed by atoms with Crippen molar-refractivity contribution in [1.29, 1.82) is 0 Å². The Kier molecular flexibility index (Phi) is 3.32. The summed E-state index contributed by atoms with van der Waals surface area (Å²) >= 11 is 0. The molecule has 2 amide bonds. The summed E-state index contributed by atoms with van der Waals surface area (Å²) in [6, 6.07) is 14.5. The number of nitrogens with zero attached hydrogens (tertiary/aromatic N) is 2. The number of fused-ring (bicyclic) bond motifs is 1. The third-order valence-electron chi connectivity index (χ3n) is 3.91. The van der Waals surface area contributed by atoms with E-state index < -0.39 is 0 Å². The van der Waals surface area contributed by atoms with E-state index in [0.29, 0.717) is 6.04 Å². The van der Waals surface area contributed by atoms with Crippen molar-refractivity contribution >= 4 is 22.5 Å². The van der Waals surface area contributed by atoms with Crippen molar-refractivity contribution in [2.75, 3.05) is 32.5 Å². The van der Waals surface area contributed by atoms with E-state index in [2.05, 4.69) is 22.3 Å². The third kappa shape index (κ3) is 2.34. The normalized spacial score (nSPS) is 15.4. The minimum Gasteiger partial charge on any atom is -0.321 e. The highest BCUT2D eigenvalue weighted by Gasteiger charge is 2.31. The fourth-order valence-electron chi connectivity index (χ4n) is 2.48. The van der Waals surface area contributed by atoms with E-state index in [1.807, 2.05) is 49.3 Å². The first-order valence-corrected chi connectivity index (χ1v) is 6.85. The van der Waals surface area contributed by atoms with Crippen molar-refractivity contribution in [3.8, 4) is 0 Å². The molecule has 0 atom stereocenters. The molecule has 1 saturated heterocycles. The molecule has 2 aromatic carbocycles. The van der Waals surface area contributed by atoms with Gasteiger partial charge in [0.05, 0.1) is 5.69 Å². The van der Waals surface area contributed by atoms with Crippen molar-refractivity contribution < 1.29 is 4.79 Å². The molecule has 3 rings (SSSR count). The van der Waals surface area contributed by atoms with Crippen LogP contribution in [-0.4, -0.2) is 49.1 Å². The lowest BCUT2D eigenvalue weighted by Crippen LogP contribution is -2.60. The number of hydrogen-bond donors (Lipinski definition) is 1. The van der Waals surface area contributed by atoms with Crippen LogP contribution in [0.4, 0.5) is 10.5 Å². The standard InChI is InChI=1S/C16H19N3O/c1-18(2)13-10-19(11-13)16(20)17-15-9-5-7-12-6-3-4-8-14(12)15/h3-9,13H,10-11H2,1-2H3,(H,17,20). The van der Waals surface area contributed by atoms with Crippen LogP contribution in [-0.2, 0) is 0 Å². The molecule has 4 nitrogen and oxygen atoms in total. The van der Waals surface area contributed by atoms with Crippen LogP contribution in [0.1, 0.15) is 0 Å². The van der Waals surface area contributed by atoms with Gasteiger partial charge in [-0.05, 0) is 25.5 Å². The molecule has 2 aromatic rings. The predicted molar refractivity (Wildman–Crippen MR) is 82.0 cm³/mol. The average Bonchev–Trinajstić information content (AvgIpc) is 2.37. The van der Waals surface area contributed by atoms with Gasteiger partial charge in [-0.3, -0.25) is 0 Å². The molecule has 1 aliphatic heterocycles. The minimum absolute atomic E-state index is 0.0144. The second-order valence-corrected chi connectivity index (χ2v) is 5.48. The van der Waals surface area contributed by atoms with Crippen molar-refractivity contribution in [2.45, 2.75) is 6.04 Å². The van der Waals surface area contributed by atoms with Crippen LogP contribution in [0.2, 0.25) is 0 Å². The van der Waals surface area contributed by atoms with Gasteiger partial charge in [-0.2, -0.15) is 0 Å². The first-order chi connectivity index (χ1) is 9.65. The topological polar surface area (TPSA) is 35.6 Å². The molecule has 1 fully saturated rings. The van der Waals surface area contributed by atoms with Crippen LogP contribution in [0.15, 0.2) is 42.5 Å². The molecular formula is C16H19N3O. The molecule has 1 heterocycles. The van der Waals surface area contributed by atoms with Crippen LogP contribution in [0, 0.1) is 0 Å². The second-order valence-electron chi connectivity index (χ2n) is 5.48. The highest BCUT2D eigenvalue weighted by atomic mass is 16.2. The molecule has 0 spiro atoms. The number of likely N-dealkylation sites (tertiary alicyclic amines) is 1. The Morgan fingerprint density at radius 2 is 1.85 bits per heavy atom. The average molecular weight is 269 g/mol. The van der Waals surface area contributed by atoms with E-state index >= 15 is 0 Å². The number of benzene rings is 2. The number of hydrogen-bond acceptors (Lipinski definition) is 2. The maximum atomic E-state index is 12.2. The highest BCUT2D eigenvalue weighted by Crippen LogP contribution is 2.24. The lowest BCUT2D eigenvalue weighted by atomic mass is 10.1. The van der Waals surface area contributed by atoms with Crippen molar-refractivity contribution in [2.24, 2.45) is 0 Å². The van der Waals surface area contributed by atoms with Crippen LogP contribution in [0.25, 0.3) is 10.8 Å². The molecule has 0 aromatic heterocycles. The van der Waals surface area contributed by atoms with Gasteiger partial charge < -0.3 is 15.1 Å². The Morgan fingerprint density at radius 1 is 1.15 bits per heavy atom. The van der Waals surface area contributed by atoms with Crippen LogP contribution in [0.3, 0.4) is 0 Å². The van der Waals surface area contributed by atoms with Crippen LogP contribution in [0.5, 0.6) is 0 Å². The zero-order valence-electron chi connectivity index (χ0n) is 11.8. The Balaban J connectivity index is 1.73. The molecule has 104 valence electrons. The van der Waals surface area contributed by atoms with E-state index in [4.69, 9.17) is 0 Å². The van der Waals surface area contributed by atoms with E-state index in [9.17, 15) is 4.79 Å². The highest BCUT2D eigenvalue weighted by molar-refractivity contribution is 6.01. The van der Waals surface area contributed by atoms with Gasteiger partial charge in [0, 0.05) is 24.5 Å². The molecule has 4 heteroatoms. The van der Waals surface area contributed by atoms with Gasteiger partial charge in [0.25, 0.3) is 0 Å². The third-order valence-corrected chi connectivity index (χ3v) is 3.91. The number of urea groups is 1. The first kappa shape index (κ1) is 12.9. The number of carbonyl (C=O) groups excluding carboxylic acids is 1. The lowest BCUT2D eigenvalue weighted by Gasteiger charge is -2.42. The van der Waals surface area contributed by atoms with Gasteiger partial charge >= 0.3 is 6.03 Å². The van der Waals surface area contributed by atoms with Gasteiger partial charge in [0.15, 0.2) is 0 Å². The van der Waals surface area contributed by atoms with Crippen molar-refractivity contribution in [3.05, 3.63) is 42.5 Å². The Labute approximate surface area is 119 Å². The summed E-state index contributed by atoms with van der Waals surface area (Å²) in [6.07, 6.45) is 0. The summed E-state index contributed by atoms with van der Waals surface area (Å²) in [6.45, 7) is 1.59. The summed E-state index contributed by atoms with van der Waals surface area (Å²) < 4.78 is 0. The molecule has 1 aliphatic rings. The summed E-state index contributed by atoms with van der Waals surface area (Å²) in [4.78, 5) is 16.2. The van der Waals surface area contributed by atoms with Gasteiger partial charge in [-0.1, -0.05) is 36.4 Å². The largest absolute Gasteiger partial charge is 0.321 e. The smallest absolute Gasteiger partial charge is 0.321 e. The predicted octanol–water partition coefficient (Wildman–Crippen LogP) is 2.62. The minimum atomic E-state index is -0.0144. The maximum Gasteiger partial charge on any atom is 0.321 e. The van der Waals surface area contributed by atoms with E-state index in [1.165, 1.54) is 0 Å². The van der Waals surface area contributed by atoms with Crippen molar-refractivity contribution in [3.63, 3.8) is 0 Å². The number of amides is 2. The Bertz CT molecular complexity index is 627. The van der Waals surface area contributed by atoms with Crippen molar-refractivity contribution in [1.82, 2.24) is 9.80 Å². The Hall–Kier alpha value is -2.07. The fourth-order valence-corrected chi connectivity index (χ4v) is 2.48. The van der Waals surface area contributed by atoms with Crippen LogP contribution < -0.4 is 5.32 Å². The SMILES string of the molecule is CN(C)C1CN(C(=O)Nc2cccc3ccccc23)C1. The van der Waals surface area contributed by atoms with Gasteiger partial charge in [0.1, 0.15) is 0 Å². The van der Waals surface area contributed by atoms with E-state index in [1.54, 1.807) is 0 Å². The number of likely N-dealkylation sites (N-methyl/N-ethyl adjacent to an activating group) is 1. The molecule has 0 bridgehead atoms. The second kappa shape index (κ2) is 5.13.